The minimum absolute atomic E-state index is 0.286. The Morgan fingerprint density at radius 2 is 1.97 bits per heavy atom. The van der Waals surface area contributed by atoms with Gasteiger partial charge in [0.15, 0.2) is 0 Å². The van der Waals surface area contributed by atoms with Gasteiger partial charge in [0, 0.05) is 37.3 Å². The van der Waals surface area contributed by atoms with E-state index in [0.29, 0.717) is 16.8 Å². The van der Waals surface area contributed by atoms with E-state index >= 15 is 0 Å². The number of pyridine rings is 2. The Labute approximate surface area is 182 Å². The van der Waals surface area contributed by atoms with Crippen LogP contribution in [0.4, 0.5) is 0 Å². The van der Waals surface area contributed by atoms with Crippen LogP contribution in [0.5, 0.6) is 0 Å². The lowest BCUT2D eigenvalue weighted by atomic mass is 9.93. The maximum Gasteiger partial charge on any atom is 0.222 e. The first-order chi connectivity index (χ1) is 14.7. The van der Waals surface area contributed by atoms with Gasteiger partial charge in [-0.2, -0.15) is 0 Å². The fourth-order valence-corrected chi connectivity index (χ4v) is 5.16. The lowest BCUT2D eigenvalue weighted by Crippen LogP contribution is -2.39. The summed E-state index contributed by atoms with van der Waals surface area (Å²) >= 11 is 6.19. The van der Waals surface area contributed by atoms with Crippen LogP contribution in [-0.4, -0.2) is 38.3 Å². The number of amides is 1. The molecule has 2 aliphatic rings. The highest BCUT2D eigenvalue weighted by atomic mass is 35.5. The Morgan fingerprint density at radius 3 is 2.83 bits per heavy atom. The molecule has 1 saturated heterocycles. The third-order valence-electron chi connectivity index (χ3n) is 6.63. The van der Waals surface area contributed by atoms with Crippen LogP contribution in [0.1, 0.15) is 56.6 Å². The number of carbonyl (C=O) groups excluding carboxylic acids is 1. The second kappa shape index (κ2) is 8.38. The summed E-state index contributed by atoms with van der Waals surface area (Å²) in [6.45, 7) is 1.66. The molecule has 0 radical (unpaired) electrons. The minimum atomic E-state index is 0.286. The molecule has 1 saturated carbocycles. The van der Waals surface area contributed by atoms with Gasteiger partial charge in [-0.3, -0.25) is 14.2 Å². The van der Waals surface area contributed by atoms with Crippen molar-refractivity contribution in [1.82, 2.24) is 19.3 Å². The first kappa shape index (κ1) is 19.6. The van der Waals surface area contributed by atoms with Crippen LogP contribution in [0.25, 0.3) is 17.0 Å². The average molecular weight is 423 g/mol. The van der Waals surface area contributed by atoms with Gasteiger partial charge in [0.2, 0.25) is 5.91 Å². The van der Waals surface area contributed by atoms with E-state index in [1.165, 1.54) is 25.7 Å². The van der Waals surface area contributed by atoms with E-state index in [4.69, 9.17) is 16.6 Å². The highest BCUT2D eigenvalue weighted by Crippen LogP contribution is 2.31. The molecule has 3 aromatic heterocycles. The van der Waals surface area contributed by atoms with Gasteiger partial charge in [0.05, 0.1) is 22.6 Å². The molecule has 30 heavy (non-hydrogen) atoms. The molecule has 6 heteroatoms. The Balaban J connectivity index is 1.35. The summed E-state index contributed by atoms with van der Waals surface area (Å²) in [4.78, 5) is 24.4. The number of rotatable bonds is 4. The number of nitrogens with zero attached hydrogens (tertiary/aromatic N) is 4. The molecule has 4 heterocycles. The maximum absolute atomic E-state index is 12.8. The van der Waals surface area contributed by atoms with Crippen LogP contribution in [0.15, 0.2) is 42.7 Å². The van der Waals surface area contributed by atoms with E-state index in [2.05, 4.69) is 22.0 Å². The fourth-order valence-electron chi connectivity index (χ4n) is 5.00. The zero-order valence-corrected chi connectivity index (χ0v) is 17.9. The molecule has 0 N–H and O–H groups in total. The predicted octanol–water partition coefficient (Wildman–Crippen LogP) is 5.34. The van der Waals surface area contributed by atoms with Crippen molar-refractivity contribution >= 4 is 23.2 Å². The van der Waals surface area contributed by atoms with E-state index in [1.807, 2.05) is 35.0 Å². The zero-order chi connectivity index (χ0) is 20.5. The quantitative estimate of drug-likeness (QED) is 0.570. The van der Waals surface area contributed by atoms with Crippen molar-refractivity contribution < 1.29 is 4.79 Å². The Hall–Kier alpha value is -2.40. The van der Waals surface area contributed by atoms with Gasteiger partial charge in [0.25, 0.3) is 0 Å². The molecule has 0 bridgehead atoms. The fraction of sp³-hybridized carbons (Fsp3) is 0.458. The van der Waals surface area contributed by atoms with Crippen molar-refractivity contribution in [2.75, 3.05) is 13.1 Å². The third kappa shape index (κ3) is 3.95. The van der Waals surface area contributed by atoms with Crippen LogP contribution in [0, 0.1) is 5.92 Å². The SMILES string of the molecule is O=C(CC1CCCC1)N1CCCC(c2cccc(-c3cnc4ccc(Cl)cn34)n2)C1. The van der Waals surface area contributed by atoms with E-state index < -0.39 is 0 Å². The summed E-state index contributed by atoms with van der Waals surface area (Å²) in [5, 5.41) is 0.668. The molecular formula is C24H27ClN4O. The van der Waals surface area contributed by atoms with Crippen molar-refractivity contribution in [3.63, 3.8) is 0 Å². The molecule has 1 unspecified atom stereocenters. The topological polar surface area (TPSA) is 50.5 Å². The van der Waals surface area contributed by atoms with Gasteiger partial charge >= 0.3 is 0 Å². The molecule has 1 amide bonds. The first-order valence-corrected chi connectivity index (χ1v) is 11.4. The van der Waals surface area contributed by atoms with Gasteiger partial charge in [-0.05, 0) is 55.9 Å². The van der Waals surface area contributed by atoms with Crippen LogP contribution < -0.4 is 0 Å². The number of fused-ring (bicyclic) bond motifs is 1. The zero-order valence-electron chi connectivity index (χ0n) is 17.1. The highest BCUT2D eigenvalue weighted by molar-refractivity contribution is 6.30. The molecule has 2 fully saturated rings. The Bertz CT molecular complexity index is 1060. The molecule has 1 aliphatic carbocycles. The van der Waals surface area contributed by atoms with Crippen molar-refractivity contribution in [2.45, 2.75) is 50.9 Å². The number of aromatic nitrogens is 3. The molecule has 5 nitrogen and oxygen atoms in total. The second-order valence-corrected chi connectivity index (χ2v) is 9.14. The number of piperidine rings is 1. The van der Waals surface area contributed by atoms with E-state index in [0.717, 1.165) is 55.1 Å². The van der Waals surface area contributed by atoms with Gasteiger partial charge in [-0.15, -0.1) is 0 Å². The number of hydrogen-bond acceptors (Lipinski definition) is 3. The molecule has 1 aliphatic heterocycles. The van der Waals surface area contributed by atoms with Gasteiger partial charge in [-0.1, -0.05) is 30.5 Å². The Kier molecular flexibility index (Phi) is 5.47. The number of halogens is 1. The summed E-state index contributed by atoms with van der Waals surface area (Å²) in [7, 11) is 0. The van der Waals surface area contributed by atoms with Crippen LogP contribution in [0.2, 0.25) is 5.02 Å². The van der Waals surface area contributed by atoms with E-state index in [-0.39, 0.29) is 5.92 Å². The third-order valence-corrected chi connectivity index (χ3v) is 6.86. The normalized spacial score (nSPS) is 20.2. The number of likely N-dealkylation sites (tertiary alicyclic amines) is 1. The summed E-state index contributed by atoms with van der Waals surface area (Å²) < 4.78 is 1.98. The van der Waals surface area contributed by atoms with Crippen LogP contribution in [0.3, 0.4) is 0 Å². The molecule has 3 aromatic rings. The smallest absolute Gasteiger partial charge is 0.222 e. The molecule has 0 spiro atoms. The summed E-state index contributed by atoms with van der Waals surface area (Å²) in [5.41, 5.74) is 3.72. The van der Waals surface area contributed by atoms with Crippen LogP contribution in [-0.2, 0) is 4.79 Å². The van der Waals surface area contributed by atoms with E-state index in [9.17, 15) is 4.79 Å². The second-order valence-electron chi connectivity index (χ2n) is 8.70. The number of hydrogen-bond donors (Lipinski definition) is 0. The van der Waals surface area contributed by atoms with Gasteiger partial charge in [0.1, 0.15) is 5.65 Å². The predicted molar refractivity (Wildman–Crippen MR) is 119 cm³/mol. The van der Waals surface area contributed by atoms with Gasteiger partial charge in [-0.25, -0.2) is 4.98 Å². The molecular weight excluding hydrogens is 396 g/mol. The standard InChI is InChI=1S/C24H27ClN4O/c25-19-10-11-23-26-14-22(29(23)16-19)21-9-3-8-20(27-21)18-7-4-12-28(15-18)24(30)13-17-5-1-2-6-17/h3,8-11,14,16-18H,1-2,4-7,12-13,15H2. The molecule has 5 rings (SSSR count). The first-order valence-electron chi connectivity index (χ1n) is 11.0. The lowest BCUT2D eigenvalue weighted by molar-refractivity contribution is -0.133. The number of imidazole rings is 1. The molecule has 156 valence electrons. The van der Waals surface area contributed by atoms with Crippen molar-refractivity contribution in [3.05, 3.63) is 53.4 Å². The van der Waals surface area contributed by atoms with Crippen molar-refractivity contribution in [2.24, 2.45) is 5.92 Å². The Morgan fingerprint density at radius 1 is 1.10 bits per heavy atom. The van der Waals surface area contributed by atoms with Crippen molar-refractivity contribution in [3.8, 4) is 11.4 Å². The minimum Gasteiger partial charge on any atom is -0.342 e. The summed E-state index contributed by atoms with van der Waals surface area (Å²) in [6, 6.07) is 9.91. The lowest BCUT2D eigenvalue weighted by Gasteiger charge is -2.33. The van der Waals surface area contributed by atoms with E-state index in [1.54, 1.807) is 0 Å². The molecule has 1 atom stereocenters. The van der Waals surface area contributed by atoms with Crippen LogP contribution >= 0.6 is 11.6 Å². The van der Waals surface area contributed by atoms with Crippen molar-refractivity contribution in [1.29, 1.82) is 0 Å². The average Bonchev–Trinajstić information content (AvgIpc) is 3.43. The summed E-state index contributed by atoms with van der Waals surface area (Å²) in [5.74, 6) is 1.22. The van der Waals surface area contributed by atoms with Gasteiger partial charge < -0.3 is 4.90 Å². The summed E-state index contributed by atoms with van der Waals surface area (Å²) in [6.07, 6.45) is 11.6. The molecule has 0 aromatic carbocycles. The largest absolute Gasteiger partial charge is 0.342 e. The monoisotopic (exact) mass is 422 g/mol. The highest BCUT2D eigenvalue weighted by Gasteiger charge is 2.28. The number of carbonyl (C=O) groups is 1. The maximum atomic E-state index is 12.8.